The van der Waals surface area contributed by atoms with Crippen molar-refractivity contribution in [3.05, 3.63) is 113 Å². The number of nitrogens with zero attached hydrogens (tertiary/aromatic N) is 1. The molecule has 0 unspecified atom stereocenters. The van der Waals surface area contributed by atoms with E-state index in [1.165, 1.54) is 22.7 Å². The van der Waals surface area contributed by atoms with E-state index in [1.807, 2.05) is 19.1 Å². The molecule has 0 saturated carbocycles. The smallest absolute Gasteiger partial charge is 0.339 e. The quantitative estimate of drug-likeness (QED) is 0.259. The second-order valence-corrected chi connectivity index (χ2v) is 12.1. The summed E-state index contributed by atoms with van der Waals surface area (Å²) >= 11 is 0. The number of furan rings is 1. The van der Waals surface area contributed by atoms with E-state index in [2.05, 4.69) is 0 Å². The number of halogens is 1. The van der Waals surface area contributed by atoms with Crippen molar-refractivity contribution >= 4 is 20.1 Å². The third kappa shape index (κ3) is 6.10. The first-order chi connectivity index (χ1) is 17.5. The van der Waals surface area contributed by atoms with Crippen LogP contribution in [0.25, 0.3) is 0 Å². The van der Waals surface area contributed by atoms with Gasteiger partial charge in [-0.2, -0.15) is 12.7 Å². The normalized spacial score (nSPS) is 12.1. The Morgan fingerprint density at radius 2 is 1.51 bits per heavy atom. The summed E-state index contributed by atoms with van der Waals surface area (Å²) in [6.07, 6.45) is 1.47. The number of benzene rings is 3. The van der Waals surface area contributed by atoms with Gasteiger partial charge in [0.1, 0.15) is 22.2 Å². The van der Waals surface area contributed by atoms with E-state index in [-0.39, 0.29) is 28.6 Å². The molecule has 0 N–H and O–H groups in total. The molecule has 0 aliphatic heterocycles. The Kier molecular flexibility index (Phi) is 7.54. The number of sulfonamides is 1. The van der Waals surface area contributed by atoms with Crippen LogP contribution in [0.1, 0.15) is 28.0 Å². The van der Waals surface area contributed by atoms with Gasteiger partial charge in [0.25, 0.3) is 0 Å². The van der Waals surface area contributed by atoms with E-state index in [0.29, 0.717) is 22.5 Å². The lowest BCUT2D eigenvalue weighted by molar-refractivity contribution is 0.358. The molecule has 194 valence electrons. The Labute approximate surface area is 216 Å². The summed E-state index contributed by atoms with van der Waals surface area (Å²) in [5, 5.41) is 0. The molecule has 0 aliphatic rings. The minimum Gasteiger partial charge on any atom is -0.468 e. The molecule has 0 amide bonds. The van der Waals surface area contributed by atoms with Gasteiger partial charge in [-0.1, -0.05) is 29.8 Å². The van der Waals surface area contributed by atoms with Crippen LogP contribution in [0.3, 0.4) is 0 Å². The van der Waals surface area contributed by atoms with Crippen LogP contribution in [-0.4, -0.2) is 21.1 Å². The van der Waals surface area contributed by atoms with Gasteiger partial charge < -0.3 is 8.60 Å². The molecule has 0 saturated heterocycles. The standard InChI is InChI=1S/C27H26FNO6S2/c1-19-14-20(2)27(21(3)15-19)36(30,31)29(18-25-8-5-13-34-25)17-22-6-4-7-24(16-22)35-37(32,33)26-11-9-23(28)10-12-26/h4-16H,17-18H2,1-3H3. The summed E-state index contributed by atoms with van der Waals surface area (Å²) in [7, 11) is -8.19. The fraction of sp³-hybridized carbons (Fsp3) is 0.185. The first-order valence-electron chi connectivity index (χ1n) is 11.3. The Hall–Kier alpha value is -3.47. The molecule has 10 heteroatoms. The van der Waals surface area contributed by atoms with Crippen LogP contribution in [0.15, 0.2) is 93.3 Å². The highest BCUT2D eigenvalue weighted by Crippen LogP contribution is 2.29. The second kappa shape index (κ2) is 10.5. The molecule has 0 radical (unpaired) electrons. The molecule has 4 aromatic rings. The van der Waals surface area contributed by atoms with Crippen LogP contribution in [0.4, 0.5) is 4.39 Å². The van der Waals surface area contributed by atoms with Gasteiger partial charge in [0.15, 0.2) is 0 Å². The average Bonchev–Trinajstić information content (AvgIpc) is 3.31. The van der Waals surface area contributed by atoms with Crippen molar-refractivity contribution in [2.75, 3.05) is 0 Å². The Bertz CT molecular complexity index is 1590. The van der Waals surface area contributed by atoms with Crippen LogP contribution in [0, 0.1) is 26.6 Å². The summed E-state index contributed by atoms with van der Waals surface area (Å²) in [6, 6.07) is 17.4. The lowest BCUT2D eigenvalue weighted by atomic mass is 10.1. The third-order valence-electron chi connectivity index (χ3n) is 5.68. The average molecular weight is 544 g/mol. The molecule has 1 heterocycles. The van der Waals surface area contributed by atoms with Crippen molar-refractivity contribution in [1.82, 2.24) is 4.31 Å². The van der Waals surface area contributed by atoms with Crippen molar-refractivity contribution in [2.24, 2.45) is 0 Å². The Morgan fingerprint density at radius 3 is 2.14 bits per heavy atom. The molecule has 0 bridgehead atoms. The van der Waals surface area contributed by atoms with Crippen LogP contribution in [-0.2, 0) is 33.2 Å². The predicted molar refractivity (Wildman–Crippen MR) is 136 cm³/mol. The van der Waals surface area contributed by atoms with Gasteiger partial charge in [0, 0.05) is 6.54 Å². The SMILES string of the molecule is Cc1cc(C)c(S(=O)(=O)N(Cc2cccc(OS(=O)(=O)c3ccc(F)cc3)c2)Cc2ccco2)c(C)c1. The van der Waals surface area contributed by atoms with E-state index in [4.69, 9.17) is 8.60 Å². The highest BCUT2D eigenvalue weighted by atomic mass is 32.2. The van der Waals surface area contributed by atoms with Crippen molar-refractivity contribution < 1.29 is 29.8 Å². The third-order valence-corrected chi connectivity index (χ3v) is 9.04. The maximum absolute atomic E-state index is 13.9. The van der Waals surface area contributed by atoms with Gasteiger partial charge in [-0.15, -0.1) is 0 Å². The highest BCUT2D eigenvalue weighted by molar-refractivity contribution is 7.89. The molecule has 4 rings (SSSR count). The largest absolute Gasteiger partial charge is 0.468 e. The highest BCUT2D eigenvalue weighted by Gasteiger charge is 2.29. The first kappa shape index (κ1) is 26.6. The maximum atomic E-state index is 13.9. The van der Waals surface area contributed by atoms with Crippen molar-refractivity contribution in [3.63, 3.8) is 0 Å². The lowest BCUT2D eigenvalue weighted by Gasteiger charge is -2.24. The molecule has 0 atom stereocenters. The maximum Gasteiger partial charge on any atom is 0.339 e. The van der Waals surface area contributed by atoms with Crippen molar-refractivity contribution in [1.29, 1.82) is 0 Å². The molecule has 1 aromatic heterocycles. The fourth-order valence-corrected chi connectivity index (χ4v) is 6.91. The van der Waals surface area contributed by atoms with Gasteiger partial charge in [0.05, 0.1) is 17.7 Å². The summed E-state index contributed by atoms with van der Waals surface area (Å²) in [4.78, 5) is 0.0163. The van der Waals surface area contributed by atoms with Crippen LogP contribution < -0.4 is 4.18 Å². The molecule has 0 spiro atoms. The lowest BCUT2D eigenvalue weighted by Crippen LogP contribution is -2.31. The Morgan fingerprint density at radius 1 is 0.838 bits per heavy atom. The zero-order valence-electron chi connectivity index (χ0n) is 20.5. The summed E-state index contributed by atoms with van der Waals surface area (Å²) in [6.45, 7) is 5.33. The van der Waals surface area contributed by atoms with E-state index in [0.717, 1.165) is 29.8 Å². The zero-order chi connectivity index (χ0) is 26.8. The number of hydrogen-bond acceptors (Lipinski definition) is 6. The molecular formula is C27H26FNO6S2. The number of hydrogen-bond donors (Lipinski definition) is 0. The topological polar surface area (TPSA) is 93.9 Å². The molecule has 37 heavy (non-hydrogen) atoms. The molecule has 0 aliphatic carbocycles. The minimum absolute atomic E-state index is 0.000122. The molecule has 7 nitrogen and oxygen atoms in total. The van der Waals surface area contributed by atoms with Crippen LogP contribution in [0.2, 0.25) is 0 Å². The van der Waals surface area contributed by atoms with Gasteiger partial charge >= 0.3 is 10.1 Å². The van der Waals surface area contributed by atoms with E-state index in [1.54, 1.807) is 38.1 Å². The Balaban J connectivity index is 1.67. The van der Waals surface area contributed by atoms with Crippen LogP contribution in [0.5, 0.6) is 5.75 Å². The van der Waals surface area contributed by atoms with Crippen LogP contribution >= 0.6 is 0 Å². The second-order valence-electron chi connectivity index (χ2n) is 8.72. The van der Waals surface area contributed by atoms with Gasteiger partial charge in [-0.05, 0) is 86.0 Å². The van der Waals surface area contributed by atoms with E-state index < -0.39 is 26.0 Å². The van der Waals surface area contributed by atoms with Gasteiger partial charge in [-0.3, -0.25) is 0 Å². The minimum atomic E-state index is -4.22. The van der Waals surface area contributed by atoms with Crippen molar-refractivity contribution in [3.8, 4) is 5.75 Å². The van der Waals surface area contributed by atoms with Gasteiger partial charge in [0.2, 0.25) is 10.0 Å². The monoisotopic (exact) mass is 543 g/mol. The first-order valence-corrected chi connectivity index (χ1v) is 14.2. The molecule has 3 aromatic carbocycles. The fourth-order valence-electron chi connectivity index (χ4n) is 4.18. The predicted octanol–water partition coefficient (Wildman–Crippen LogP) is 5.50. The summed E-state index contributed by atoms with van der Waals surface area (Å²) in [5.41, 5.74) is 2.72. The number of rotatable bonds is 9. The number of aryl methyl sites for hydroxylation is 3. The molecule has 0 fully saturated rings. The van der Waals surface area contributed by atoms with Crippen molar-refractivity contribution in [2.45, 2.75) is 43.7 Å². The summed E-state index contributed by atoms with van der Waals surface area (Å²) in [5.74, 6) is -0.116. The summed E-state index contributed by atoms with van der Waals surface area (Å²) < 4.78 is 78.2. The van der Waals surface area contributed by atoms with E-state index >= 15 is 0 Å². The molecular weight excluding hydrogens is 517 g/mol. The zero-order valence-corrected chi connectivity index (χ0v) is 22.1. The van der Waals surface area contributed by atoms with Gasteiger partial charge in [-0.25, -0.2) is 12.8 Å². The van der Waals surface area contributed by atoms with E-state index in [9.17, 15) is 21.2 Å².